The van der Waals surface area contributed by atoms with Crippen LogP contribution in [0, 0.1) is 0 Å². The summed E-state index contributed by atoms with van der Waals surface area (Å²) in [6.07, 6.45) is 0. The van der Waals surface area contributed by atoms with Crippen molar-refractivity contribution in [3.63, 3.8) is 0 Å². The Labute approximate surface area is 173 Å². The fourth-order valence-corrected chi connectivity index (χ4v) is 4.05. The minimum atomic E-state index is 0.179. The van der Waals surface area contributed by atoms with Crippen molar-refractivity contribution in [2.45, 2.75) is 25.9 Å². The molecule has 2 aromatic rings. The topological polar surface area (TPSA) is 47.0 Å². The second kappa shape index (κ2) is 10.4. The fourth-order valence-electron chi connectivity index (χ4n) is 3.74. The molecule has 1 fully saturated rings. The summed E-state index contributed by atoms with van der Waals surface area (Å²) in [6.45, 7) is 8.46. The summed E-state index contributed by atoms with van der Waals surface area (Å²) in [5.74, 6) is 0.861. The van der Waals surface area contributed by atoms with Crippen LogP contribution >= 0.6 is 12.2 Å². The average molecular weight is 401 g/mol. The van der Waals surface area contributed by atoms with E-state index in [0.29, 0.717) is 17.8 Å². The predicted octanol–water partition coefficient (Wildman–Crippen LogP) is 2.42. The zero-order chi connectivity index (χ0) is 19.8. The predicted molar refractivity (Wildman–Crippen MR) is 117 cm³/mol. The van der Waals surface area contributed by atoms with Gasteiger partial charge in [-0.25, -0.2) is 0 Å². The van der Waals surface area contributed by atoms with Gasteiger partial charge >= 0.3 is 0 Å². The van der Waals surface area contributed by atoms with Gasteiger partial charge in [-0.2, -0.15) is 0 Å². The van der Waals surface area contributed by atoms with E-state index < -0.39 is 0 Å². The highest BCUT2D eigenvalue weighted by Gasteiger charge is 2.31. The minimum absolute atomic E-state index is 0.179. The number of nitrogens with one attached hydrogen (secondary N) is 3. The maximum absolute atomic E-state index is 5.58. The molecule has 5 nitrogen and oxygen atoms in total. The monoisotopic (exact) mass is 400 g/mol. The summed E-state index contributed by atoms with van der Waals surface area (Å²) in [5.41, 5.74) is 2.27. The molecule has 0 aliphatic carbocycles. The van der Waals surface area contributed by atoms with Crippen LogP contribution in [0.5, 0.6) is 5.75 Å². The largest absolute Gasteiger partial charge is 0.494 e. The van der Waals surface area contributed by atoms with Crippen LogP contribution in [0.2, 0.25) is 0 Å². The fraction of sp³-hybridized carbons (Fsp3) is 0.409. The van der Waals surface area contributed by atoms with Gasteiger partial charge in [0.25, 0.3) is 0 Å². The molecule has 0 unspecified atom stereocenters. The third-order valence-corrected chi connectivity index (χ3v) is 5.24. The molecule has 0 amide bonds. The summed E-state index contributed by atoms with van der Waals surface area (Å²) < 4.78 is 11.1. The highest BCUT2D eigenvalue weighted by atomic mass is 32.1. The van der Waals surface area contributed by atoms with Crippen molar-refractivity contribution < 1.29 is 14.4 Å². The third kappa shape index (κ3) is 5.67. The van der Waals surface area contributed by atoms with E-state index >= 15 is 0 Å². The van der Waals surface area contributed by atoms with Crippen LogP contribution in [0.1, 0.15) is 25.5 Å². The first-order valence-electron chi connectivity index (χ1n) is 9.95. The summed E-state index contributed by atoms with van der Waals surface area (Å²) in [7, 11) is 0. The molecule has 0 spiro atoms. The number of ether oxygens (including phenoxy) is 2. The normalized spacial score (nSPS) is 16.8. The van der Waals surface area contributed by atoms with Gasteiger partial charge in [-0.1, -0.05) is 30.3 Å². The van der Waals surface area contributed by atoms with E-state index in [0.717, 1.165) is 37.7 Å². The average Bonchev–Trinajstić information content (AvgIpc) is 2.71. The lowest BCUT2D eigenvalue weighted by molar-refractivity contribution is -0.940. The maximum atomic E-state index is 5.58. The zero-order valence-electron chi connectivity index (χ0n) is 16.6. The van der Waals surface area contributed by atoms with E-state index in [9.17, 15) is 0 Å². The van der Waals surface area contributed by atoms with Gasteiger partial charge in [0.1, 0.15) is 24.9 Å². The van der Waals surface area contributed by atoms with Crippen molar-refractivity contribution in [2.75, 3.05) is 38.2 Å². The van der Waals surface area contributed by atoms with Crippen molar-refractivity contribution in [1.82, 2.24) is 5.32 Å². The molecule has 1 aliphatic heterocycles. The van der Waals surface area contributed by atoms with Gasteiger partial charge in [0.15, 0.2) is 5.11 Å². The van der Waals surface area contributed by atoms with Crippen molar-refractivity contribution >= 4 is 23.0 Å². The minimum Gasteiger partial charge on any atom is -0.494 e. The number of benzene rings is 2. The van der Waals surface area contributed by atoms with Crippen LogP contribution in [0.3, 0.4) is 0 Å². The lowest BCUT2D eigenvalue weighted by atomic mass is 9.98. The third-order valence-electron chi connectivity index (χ3n) is 5.02. The highest BCUT2D eigenvalue weighted by Crippen LogP contribution is 2.17. The number of thiocarbonyl (C=S) groups is 1. The Morgan fingerprint density at radius 3 is 2.43 bits per heavy atom. The zero-order valence-corrected chi connectivity index (χ0v) is 17.4. The Kier molecular flexibility index (Phi) is 7.65. The van der Waals surface area contributed by atoms with E-state index in [-0.39, 0.29) is 6.04 Å². The van der Waals surface area contributed by atoms with Crippen LogP contribution in [-0.2, 0) is 4.74 Å². The van der Waals surface area contributed by atoms with Crippen LogP contribution in [0.15, 0.2) is 54.6 Å². The molecule has 150 valence electrons. The van der Waals surface area contributed by atoms with Crippen LogP contribution in [0.4, 0.5) is 5.69 Å². The summed E-state index contributed by atoms with van der Waals surface area (Å²) >= 11 is 5.58. The van der Waals surface area contributed by atoms with Crippen molar-refractivity contribution in [3.05, 3.63) is 60.2 Å². The molecule has 2 atom stereocenters. The second-order valence-electron chi connectivity index (χ2n) is 7.00. The number of hydrogen-bond acceptors (Lipinski definition) is 3. The second-order valence-corrected chi connectivity index (χ2v) is 7.41. The summed E-state index contributed by atoms with van der Waals surface area (Å²) in [5, 5.41) is 7.40. The smallest absolute Gasteiger partial charge is 0.171 e. The van der Waals surface area contributed by atoms with Gasteiger partial charge in [-0.05, 0) is 50.3 Å². The Bertz CT molecular complexity index is 733. The van der Waals surface area contributed by atoms with Gasteiger partial charge in [0, 0.05) is 11.3 Å². The summed E-state index contributed by atoms with van der Waals surface area (Å²) in [4.78, 5) is 1.53. The molecule has 0 radical (unpaired) electrons. The van der Waals surface area contributed by atoms with E-state index in [1.54, 1.807) is 0 Å². The Balaban J connectivity index is 1.65. The van der Waals surface area contributed by atoms with Gasteiger partial charge < -0.3 is 25.0 Å². The van der Waals surface area contributed by atoms with Crippen LogP contribution < -0.4 is 20.3 Å². The van der Waals surface area contributed by atoms with Crippen LogP contribution in [-0.4, -0.2) is 44.1 Å². The number of anilines is 1. The first kappa shape index (κ1) is 20.6. The van der Waals surface area contributed by atoms with E-state index in [1.165, 1.54) is 10.5 Å². The quantitative estimate of drug-likeness (QED) is 0.623. The van der Waals surface area contributed by atoms with E-state index in [2.05, 4.69) is 47.9 Å². The number of morpholine rings is 1. The molecule has 0 aromatic heterocycles. The van der Waals surface area contributed by atoms with Gasteiger partial charge in [0.2, 0.25) is 0 Å². The van der Waals surface area contributed by atoms with E-state index in [4.69, 9.17) is 21.7 Å². The molecule has 3 N–H and O–H groups in total. The highest BCUT2D eigenvalue weighted by molar-refractivity contribution is 7.80. The van der Waals surface area contributed by atoms with Crippen molar-refractivity contribution in [2.24, 2.45) is 0 Å². The van der Waals surface area contributed by atoms with Crippen LogP contribution in [0.25, 0.3) is 0 Å². The van der Waals surface area contributed by atoms with Gasteiger partial charge in [-0.3, -0.25) is 0 Å². The number of hydrogen-bond donors (Lipinski definition) is 3. The molecule has 0 bridgehead atoms. The molecular formula is C22H30N3O2S+. The SMILES string of the molecule is CCOc1ccc(NC(=S)N[C@@H](C)[C@H](c2ccccc2)[NH+]2CCOCC2)cc1. The Hall–Kier alpha value is -2.15. The molecule has 1 aliphatic rings. The molecule has 3 rings (SSSR count). The standard InChI is InChI=1S/C22H29N3O2S/c1-3-27-20-11-9-19(10-12-20)24-22(28)23-17(2)21(18-7-5-4-6-8-18)25-13-15-26-16-14-25/h4-12,17,21H,3,13-16H2,1-2H3,(H2,23,24,28)/p+1/t17-,21+/m0/s1. The van der Waals surface area contributed by atoms with E-state index in [1.807, 2.05) is 31.2 Å². The Morgan fingerprint density at radius 1 is 1.11 bits per heavy atom. The van der Waals surface area contributed by atoms with Crippen molar-refractivity contribution in [3.8, 4) is 5.75 Å². The molecule has 1 heterocycles. The molecule has 6 heteroatoms. The number of quaternary nitrogens is 1. The molecular weight excluding hydrogens is 370 g/mol. The first-order chi connectivity index (χ1) is 13.7. The number of rotatable bonds is 7. The molecule has 0 saturated carbocycles. The molecule has 2 aromatic carbocycles. The lowest BCUT2D eigenvalue weighted by Gasteiger charge is -2.35. The van der Waals surface area contributed by atoms with Crippen molar-refractivity contribution in [1.29, 1.82) is 0 Å². The molecule has 28 heavy (non-hydrogen) atoms. The van der Waals surface area contributed by atoms with Gasteiger partial charge in [-0.15, -0.1) is 0 Å². The first-order valence-corrected chi connectivity index (χ1v) is 10.4. The molecule has 1 saturated heterocycles. The summed E-state index contributed by atoms with van der Waals surface area (Å²) in [6, 6.07) is 19.0. The van der Waals surface area contributed by atoms with Gasteiger partial charge in [0.05, 0.1) is 25.9 Å². The lowest BCUT2D eigenvalue weighted by Crippen LogP contribution is -3.15. The maximum Gasteiger partial charge on any atom is 0.171 e. The Morgan fingerprint density at radius 2 is 1.79 bits per heavy atom.